The van der Waals surface area contributed by atoms with Gasteiger partial charge in [-0.25, -0.2) is 0 Å². The maximum atomic E-state index is 12.4. The topological polar surface area (TPSA) is 44.9 Å². The van der Waals surface area contributed by atoms with Crippen molar-refractivity contribution in [1.82, 2.24) is 4.98 Å². The molecular formula is C18H18N2O. The number of aromatic nitrogens is 1. The molecule has 0 aliphatic heterocycles. The minimum absolute atomic E-state index is 0.106. The molecule has 0 unspecified atom stereocenters. The summed E-state index contributed by atoms with van der Waals surface area (Å²) in [5, 5.41) is 4.02. The van der Waals surface area contributed by atoms with Crippen molar-refractivity contribution in [2.24, 2.45) is 0 Å². The molecule has 3 heteroatoms. The minimum Gasteiger partial charge on any atom is -0.350 e. The lowest BCUT2D eigenvalue weighted by molar-refractivity contribution is 0.102. The Morgan fingerprint density at radius 2 is 1.62 bits per heavy atom. The second kappa shape index (κ2) is 5.09. The van der Waals surface area contributed by atoms with Crippen LogP contribution in [0.3, 0.4) is 0 Å². The third kappa shape index (κ3) is 2.55. The molecule has 3 nitrogen and oxygen atoms in total. The number of aryl methyl sites for hydroxylation is 3. The van der Waals surface area contributed by atoms with E-state index in [2.05, 4.69) is 28.5 Å². The Hall–Kier alpha value is -2.55. The van der Waals surface area contributed by atoms with Crippen molar-refractivity contribution >= 4 is 22.5 Å². The van der Waals surface area contributed by atoms with Gasteiger partial charge in [0.1, 0.15) is 5.69 Å². The second-order valence-corrected chi connectivity index (χ2v) is 5.49. The Morgan fingerprint density at radius 3 is 2.33 bits per heavy atom. The Balaban J connectivity index is 1.94. The zero-order valence-electron chi connectivity index (χ0n) is 12.4. The summed E-state index contributed by atoms with van der Waals surface area (Å²) >= 11 is 0. The molecule has 2 aromatic carbocycles. The number of carbonyl (C=O) groups is 1. The van der Waals surface area contributed by atoms with Crippen LogP contribution in [-0.2, 0) is 0 Å². The summed E-state index contributed by atoms with van der Waals surface area (Å²) in [7, 11) is 0. The number of aromatic amines is 1. The van der Waals surface area contributed by atoms with E-state index < -0.39 is 0 Å². The van der Waals surface area contributed by atoms with Crippen LogP contribution in [0.15, 0.2) is 42.5 Å². The highest BCUT2D eigenvalue weighted by molar-refractivity contribution is 6.07. The summed E-state index contributed by atoms with van der Waals surface area (Å²) in [6.45, 7) is 6.04. The van der Waals surface area contributed by atoms with E-state index >= 15 is 0 Å². The standard InChI is InChI=1S/C18H18N2O/c1-11-4-7-14(8-5-11)19-18(21)17-13(3)15-9-6-12(2)10-16(15)20-17/h4-10,20H,1-3H3,(H,19,21). The predicted octanol–water partition coefficient (Wildman–Crippen LogP) is 4.35. The number of hydrogen-bond acceptors (Lipinski definition) is 1. The third-order valence-corrected chi connectivity index (χ3v) is 3.75. The first-order chi connectivity index (χ1) is 10.0. The van der Waals surface area contributed by atoms with Gasteiger partial charge in [-0.2, -0.15) is 0 Å². The first-order valence-corrected chi connectivity index (χ1v) is 7.01. The van der Waals surface area contributed by atoms with E-state index in [4.69, 9.17) is 0 Å². The molecule has 1 aromatic heterocycles. The molecule has 0 atom stereocenters. The Bertz CT molecular complexity index is 813. The molecule has 2 N–H and O–H groups in total. The van der Waals surface area contributed by atoms with Gasteiger partial charge in [0.2, 0.25) is 0 Å². The molecule has 0 spiro atoms. The van der Waals surface area contributed by atoms with Gasteiger partial charge < -0.3 is 10.3 Å². The van der Waals surface area contributed by atoms with Crippen molar-refractivity contribution in [2.75, 3.05) is 5.32 Å². The van der Waals surface area contributed by atoms with Crippen LogP contribution < -0.4 is 5.32 Å². The number of rotatable bonds is 2. The van der Waals surface area contributed by atoms with Crippen molar-refractivity contribution in [3.63, 3.8) is 0 Å². The monoisotopic (exact) mass is 278 g/mol. The summed E-state index contributed by atoms with van der Waals surface area (Å²) in [5.74, 6) is -0.106. The Morgan fingerprint density at radius 1 is 0.952 bits per heavy atom. The largest absolute Gasteiger partial charge is 0.350 e. The smallest absolute Gasteiger partial charge is 0.272 e. The zero-order chi connectivity index (χ0) is 15.0. The van der Waals surface area contributed by atoms with Crippen molar-refractivity contribution in [2.45, 2.75) is 20.8 Å². The Kier molecular flexibility index (Phi) is 3.26. The lowest BCUT2D eigenvalue weighted by Crippen LogP contribution is -2.13. The zero-order valence-corrected chi connectivity index (χ0v) is 12.4. The van der Waals surface area contributed by atoms with E-state index in [1.807, 2.05) is 45.0 Å². The van der Waals surface area contributed by atoms with E-state index in [9.17, 15) is 4.79 Å². The number of amides is 1. The van der Waals surface area contributed by atoms with Crippen LogP contribution in [0.5, 0.6) is 0 Å². The fourth-order valence-electron chi connectivity index (χ4n) is 2.51. The number of H-pyrrole nitrogens is 1. The molecule has 1 amide bonds. The molecule has 21 heavy (non-hydrogen) atoms. The SMILES string of the molecule is Cc1ccc(NC(=O)c2[nH]c3cc(C)ccc3c2C)cc1. The number of benzene rings is 2. The molecule has 0 aliphatic rings. The van der Waals surface area contributed by atoms with Crippen molar-refractivity contribution in [3.05, 3.63) is 64.8 Å². The van der Waals surface area contributed by atoms with Gasteiger partial charge >= 0.3 is 0 Å². The average Bonchev–Trinajstić information content (AvgIpc) is 2.78. The fourth-order valence-corrected chi connectivity index (χ4v) is 2.51. The van der Waals surface area contributed by atoms with Gasteiger partial charge in [0.25, 0.3) is 5.91 Å². The van der Waals surface area contributed by atoms with Crippen LogP contribution in [0.25, 0.3) is 10.9 Å². The van der Waals surface area contributed by atoms with E-state index in [1.165, 1.54) is 11.1 Å². The molecule has 1 heterocycles. The fraction of sp³-hybridized carbons (Fsp3) is 0.167. The number of anilines is 1. The van der Waals surface area contributed by atoms with Crippen LogP contribution in [0.4, 0.5) is 5.69 Å². The lowest BCUT2D eigenvalue weighted by atomic mass is 10.1. The summed E-state index contributed by atoms with van der Waals surface area (Å²) in [6.07, 6.45) is 0. The van der Waals surface area contributed by atoms with Crippen molar-refractivity contribution in [1.29, 1.82) is 0 Å². The highest BCUT2D eigenvalue weighted by atomic mass is 16.1. The molecule has 0 saturated carbocycles. The second-order valence-electron chi connectivity index (χ2n) is 5.49. The van der Waals surface area contributed by atoms with Gasteiger partial charge in [-0.1, -0.05) is 29.8 Å². The number of hydrogen-bond donors (Lipinski definition) is 2. The quantitative estimate of drug-likeness (QED) is 0.719. The lowest BCUT2D eigenvalue weighted by Gasteiger charge is -2.05. The molecule has 0 fully saturated rings. The number of nitrogens with one attached hydrogen (secondary N) is 2. The summed E-state index contributed by atoms with van der Waals surface area (Å²) in [5.41, 5.74) is 5.76. The van der Waals surface area contributed by atoms with E-state index in [0.717, 1.165) is 22.2 Å². The van der Waals surface area contributed by atoms with Gasteiger partial charge in [0.15, 0.2) is 0 Å². The molecule has 0 aliphatic carbocycles. The highest BCUT2D eigenvalue weighted by Crippen LogP contribution is 2.23. The van der Waals surface area contributed by atoms with Gasteiger partial charge in [-0.15, -0.1) is 0 Å². The predicted molar refractivity (Wildman–Crippen MR) is 86.9 cm³/mol. The molecule has 3 aromatic rings. The van der Waals surface area contributed by atoms with E-state index in [1.54, 1.807) is 0 Å². The van der Waals surface area contributed by atoms with Gasteiger partial charge in [0, 0.05) is 16.6 Å². The molecular weight excluding hydrogens is 260 g/mol. The normalized spacial score (nSPS) is 10.8. The van der Waals surface area contributed by atoms with Gasteiger partial charge in [0.05, 0.1) is 0 Å². The molecule has 0 bridgehead atoms. The molecule has 3 rings (SSSR count). The van der Waals surface area contributed by atoms with Crippen LogP contribution in [0, 0.1) is 20.8 Å². The highest BCUT2D eigenvalue weighted by Gasteiger charge is 2.14. The summed E-state index contributed by atoms with van der Waals surface area (Å²) in [6, 6.07) is 14.0. The van der Waals surface area contributed by atoms with Crippen LogP contribution in [-0.4, -0.2) is 10.9 Å². The van der Waals surface area contributed by atoms with E-state index in [0.29, 0.717) is 5.69 Å². The summed E-state index contributed by atoms with van der Waals surface area (Å²) < 4.78 is 0. The van der Waals surface area contributed by atoms with Gasteiger partial charge in [-0.05, 0) is 50.1 Å². The van der Waals surface area contributed by atoms with Crippen LogP contribution in [0.2, 0.25) is 0 Å². The summed E-state index contributed by atoms with van der Waals surface area (Å²) in [4.78, 5) is 15.7. The van der Waals surface area contributed by atoms with E-state index in [-0.39, 0.29) is 5.91 Å². The van der Waals surface area contributed by atoms with Crippen molar-refractivity contribution in [3.8, 4) is 0 Å². The number of carbonyl (C=O) groups excluding carboxylic acids is 1. The molecule has 106 valence electrons. The van der Waals surface area contributed by atoms with Crippen molar-refractivity contribution < 1.29 is 4.79 Å². The maximum absolute atomic E-state index is 12.4. The Labute approximate surface area is 124 Å². The maximum Gasteiger partial charge on any atom is 0.272 e. The third-order valence-electron chi connectivity index (χ3n) is 3.75. The van der Waals surface area contributed by atoms with Gasteiger partial charge in [-0.3, -0.25) is 4.79 Å². The molecule has 0 radical (unpaired) electrons. The number of fused-ring (bicyclic) bond motifs is 1. The molecule has 0 saturated heterocycles. The first kappa shape index (κ1) is 13.4. The minimum atomic E-state index is -0.106. The van der Waals surface area contributed by atoms with Crippen LogP contribution in [0.1, 0.15) is 27.2 Å². The average molecular weight is 278 g/mol. The first-order valence-electron chi connectivity index (χ1n) is 7.01. The van der Waals surface area contributed by atoms with Crippen LogP contribution >= 0.6 is 0 Å².